The van der Waals surface area contributed by atoms with Gasteiger partial charge in [-0.3, -0.25) is 0 Å². The van der Waals surface area contributed by atoms with Gasteiger partial charge in [-0.2, -0.15) is 0 Å². The summed E-state index contributed by atoms with van der Waals surface area (Å²) in [6.45, 7) is 2.29. The van der Waals surface area contributed by atoms with Gasteiger partial charge in [0, 0.05) is 18.2 Å². The van der Waals surface area contributed by atoms with Gasteiger partial charge in [0.2, 0.25) is 0 Å². The number of nitrogens with one attached hydrogen (secondary N) is 1. The normalized spacial score (nSPS) is 13.2. The van der Waals surface area contributed by atoms with E-state index in [0.717, 1.165) is 17.7 Å². The third-order valence-electron chi connectivity index (χ3n) is 4.00. The first-order chi connectivity index (χ1) is 12.5. The van der Waals surface area contributed by atoms with Gasteiger partial charge in [-0.1, -0.05) is 12.1 Å². The van der Waals surface area contributed by atoms with Crippen molar-refractivity contribution in [3.63, 3.8) is 0 Å². The van der Waals surface area contributed by atoms with Crippen molar-refractivity contribution in [2.75, 3.05) is 13.2 Å². The molecular formula is C20H26NO5. The van der Waals surface area contributed by atoms with Gasteiger partial charge in [0.15, 0.2) is 0 Å². The molecule has 0 aliphatic heterocycles. The van der Waals surface area contributed by atoms with E-state index < -0.39 is 6.10 Å². The molecule has 0 saturated heterocycles. The third-order valence-corrected chi connectivity index (χ3v) is 4.00. The van der Waals surface area contributed by atoms with Crippen LogP contribution in [0.2, 0.25) is 0 Å². The molecule has 0 aliphatic rings. The zero-order valence-corrected chi connectivity index (χ0v) is 14.9. The molecule has 6 heteroatoms. The molecule has 0 fully saturated rings. The number of ether oxygens (including phenoxy) is 2. The summed E-state index contributed by atoms with van der Waals surface area (Å²) >= 11 is 0. The molecule has 1 radical (unpaired) electrons. The van der Waals surface area contributed by atoms with E-state index in [1.165, 1.54) is 6.07 Å². The molecule has 141 valence electrons. The summed E-state index contributed by atoms with van der Waals surface area (Å²) in [5.74, 6) is 1.23. The van der Waals surface area contributed by atoms with Crippen molar-refractivity contribution in [1.82, 2.24) is 5.32 Å². The Labute approximate surface area is 154 Å². The summed E-state index contributed by atoms with van der Waals surface area (Å²) in [5.41, 5.74) is 1.55. The molecular weight excluding hydrogens is 334 g/mol. The number of rotatable bonds is 10. The summed E-state index contributed by atoms with van der Waals surface area (Å²) in [7, 11) is 3.37. The molecule has 0 aromatic heterocycles. The zero-order valence-electron chi connectivity index (χ0n) is 14.9. The Bertz CT molecular complexity index is 674. The molecule has 0 heterocycles. The third kappa shape index (κ3) is 6.22. The van der Waals surface area contributed by atoms with E-state index in [1.807, 2.05) is 31.2 Å². The Kier molecular flexibility index (Phi) is 7.72. The average molecular weight is 360 g/mol. The van der Waals surface area contributed by atoms with Crippen molar-refractivity contribution < 1.29 is 24.8 Å². The summed E-state index contributed by atoms with van der Waals surface area (Å²) in [5, 5.41) is 32.0. The van der Waals surface area contributed by atoms with E-state index in [0.29, 0.717) is 17.9 Å². The van der Waals surface area contributed by atoms with Crippen molar-refractivity contribution in [1.29, 1.82) is 0 Å². The second-order valence-corrected chi connectivity index (χ2v) is 6.22. The molecule has 0 aliphatic carbocycles. The number of hydrogen-bond acceptors (Lipinski definition) is 6. The van der Waals surface area contributed by atoms with Crippen LogP contribution in [0.5, 0.6) is 17.2 Å². The Morgan fingerprint density at radius 2 is 1.81 bits per heavy atom. The minimum absolute atomic E-state index is 0.0192. The zero-order chi connectivity index (χ0) is 18.9. The fourth-order valence-corrected chi connectivity index (χ4v) is 2.51. The van der Waals surface area contributed by atoms with E-state index in [9.17, 15) is 10.2 Å². The van der Waals surface area contributed by atoms with Gasteiger partial charge in [-0.05, 0) is 49.2 Å². The van der Waals surface area contributed by atoms with Crippen LogP contribution in [0.4, 0.5) is 0 Å². The van der Waals surface area contributed by atoms with E-state index in [2.05, 4.69) is 12.4 Å². The maximum atomic E-state index is 10.1. The lowest BCUT2D eigenvalue weighted by Crippen LogP contribution is -2.37. The molecule has 2 aromatic carbocycles. The summed E-state index contributed by atoms with van der Waals surface area (Å²) in [6.07, 6.45) is 0.147. The Morgan fingerprint density at radius 1 is 1.12 bits per heavy atom. The lowest BCUT2D eigenvalue weighted by atomic mass is 10.1. The standard InChI is InChI=1S/C20H26NO5/c1-14(9-15-3-5-18(25-2)6-4-15)21-11-17(23)13-26-19-7-8-20(24)16(10-19)12-22/h3-8,10,14,17,21-24H,2,9,11-13H2,1H3. The Morgan fingerprint density at radius 3 is 2.46 bits per heavy atom. The smallest absolute Gasteiger partial charge is 0.122 e. The van der Waals surface area contributed by atoms with E-state index in [4.69, 9.17) is 14.6 Å². The van der Waals surface area contributed by atoms with Gasteiger partial charge >= 0.3 is 0 Å². The molecule has 0 spiro atoms. The maximum absolute atomic E-state index is 10.1. The monoisotopic (exact) mass is 360 g/mol. The minimum Gasteiger partial charge on any atom is -0.508 e. The van der Waals surface area contributed by atoms with Crippen LogP contribution in [0.25, 0.3) is 0 Å². The first-order valence-electron chi connectivity index (χ1n) is 8.49. The number of phenols is 1. The Balaban J connectivity index is 1.72. The number of aliphatic hydroxyl groups is 2. The highest BCUT2D eigenvalue weighted by Gasteiger charge is 2.10. The largest absolute Gasteiger partial charge is 0.508 e. The highest BCUT2D eigenvalue weighted by atomic mass is 16.5. The first-order valence-corrected chi connectivity index (χ1v) is 8.49. The van der Waals surface area contributed by atoms with Gasteiger partial charge < -0.3 is 30.1 Å². The van der Waals surface area contributed by atoms with Crippen LogP contribution in [-0.4, -0.2) is 40.6 Å². The van der Waals surface area contributed by atoms with Gasteiger partial charge in [0.05, 0.1) is 6.61 Å². The molecule has 6 nitrogen and oxygen atoms in total. The highest BCUT2D eigenvalue weighted by molar-refractivity contribution is 5.38. The second kappa shape index (κ2) is 10.0. The fraction of sp³-hybridized carbons (Fsp3) is 0.350. The van der Waals surface area contributed by atoms with E-state index in [-0.39, 0.29) is 25.0 Å². The molecule has 0 saturated carbocycles. The summed E-state index contributed by atoms with van der Waals surface area (Å²) in [4.78, 5) is 0. The van der Waals surface area contributed by atoms with Crippen LogP contribution in [-0.2, 0) is 13.0 Å². The Hall–Kier alpha value is -2.28. The lowest BCUT2D eigenvalue weighted by molar-refractivity contribution is 0.104. The molecule has 2 rings (SSSR count). The number of benzene rings is 2. The maximum Gasteiger partial charge on any atom is 0.122 e. The number of aromatic hydroxyl groups is 1. The van der Waals surface area contributed by atoms with Gasteiger partial charge in [0.1, 0.15) is 37.1 Å². The number of hydrogen-bond donors (Lipinski definition) is 4. The summed E-state index contributed by atoms with van der Waals surface area (Å²) in [6, 6.07) is 12.5. The summed E-state index contributed by atoms with van der Waals surface area (Å²) < 4.78 is 10.4. The minimum atomic E-state index is -0.675. The van der Waals surface area contributed by atoms with Crippen molar-refractivity contribution in [3.8, 4) is 17.2 Å². The molecule has 26 heavy (non-hydrogen) atoms. The van der Waals surface area contributed by atoms with Crippen molar-refractivity contribution in [2.45, 2.75) is 32.1 Å². The molecule has 2 unspecified atom stereocenters. The second-order valence-electron chi connectivity index (χ2n) is 6.22. The molecule has 0 amide bonds. The van der Waals surface area contributed by atoms with E-state index >= 15 is 0 Å². The topological polar surface area (TPSA) is 91.2 Å². The van der Waals surface area contributed by atoms with Crippen molar-refractivity contribution >= 4 is 0 Å². The van der Waals surface area contributed by atoms with Crippen molar-refractivity contribution in [3.05, 3.63) is 60.7 Å². The van der Waals surface area contributed by atoms with Crippen LogP contribution in [0, 0.1) is 7.11 Å². The fourth-order valence-electron chi connectivity index (χ4n) is 2.51. The average Bonchev–Trinajstić information content (AvgIpc) is 2.66. The van der Waals surface area contributed by atoms with Crippen LogP contribution >= 0.6 is 0 Å². The highest BCUT2D eigenvalue weighted by Crippen LogP contribution is 2.23. The van der Waals surface area contributed by atoms with Gasteiger partial charge in [0.25, 0.3) is 0 Å². The molecule has 2 atom stereocenters. The van der Waals surface area contributed by atoms with Crippen LogP contribution in [0.1, 0.15) is 18.1 Å². The van der Waals surface area contributed by atoms with Gasteiger partial charge in [-0.25, -0.2) is 0 Å². The predicted octanol–water partition coefficient (Wildman–Crippen LogP) is 2.02. The van der Waals surface area contributed by atoms with Crippen molar-refractivity contribution in [2.24, 2.45) is 0 Å². The molecule has 2 aromatic rings. The molecule has 4 N–H and O–H groups in total. The van der Waals surface area contributed by atoms with Crippen LogP contribution < -0.4 is 14.8 Å². The lowest BCUT2D eigenvalue weighted by Gasteiger charge is -2.18. The molecule has 0 bridgehead atoms. The first kappa shape index (κ1) is 20.0. The predicted molar refractivity (Wildman–Crippen MR) is 99.1 cm³/mol. The van der Waals surface area contributed by atoms with Crippen LogP contribution in [0.15, 0.2) is 42.5 Å². The quantitative estimate of drug-likeness (QED) is 0.518. The SMILES string of the molecule is [CH2]Oc1ccc(CC(C)NCC(O)COc2ccc(O)c(CO)c2)cc1. The van der Waals surface area contributed by atoms with Gasteiger partial charge in [-0.15, -0.1) is 0 Å². The van der Waals surface area contributed by atoms with E-state index in [1.54, 1.807) is 12.1 Å². The van der Waals surface area contributed by atoms with Crippen LogP contribution in [0.3, 0.4) is 0 Å². The number of aliphatic hydroxyl groups excluding tert-OH is 2.